The van der Waals surface area contributed by atoms with Gasteiger partial charge in [0.15, 0.2) is 0 Å². The number of piperidine rings is 1. The molecular formula is C15H25N3. The Morgan fingerprint density at radius 1 is 1.44 bits per heavy atom. The number of pyridine rings is 1. The van der Waals surface area contributed by atoms with Crippen LogP contribution in [0.1, 0.15) is 39.2 Å². The number of hydrogen-bond acceptors (Lipinski definition) is 3. The highest BCUT2D eigenvalue weighted by molar-refractivity contribution is 5.53. The number of anilines is 1. The van der Waals surface area contributed by atoms with E-state index in [1.165, 1.54) is 30.6 Å². The highest BCUT2D eigenvalue weighted by atomic mass is 15.2. The Morgan fingerprint density at radius 2 is 2.28 bits per heavy atom. The van der Waals surface area contributed by atoms with Crippen molar-refractivity contribution in [3.8, 4) is 0 Å². The van der Waals surface area contributed by atoms with E-state index in [1.54, 1.807) is 0 Å². The molecule has 1 aromatic rings. The van der Waals surface area contributed by atoms with Crippen LogP contribution in [-0.4, -0.2) is 24.1 Å². The van der Waals surface area contributed by atoms with E-state index in [2.05, 4.69) is 42.0 Å². The number of hydrogen-bond donors (Lipinski definition) is 1. The molecule has 1 aromatic heterocycles. The van der Waals surface area contributed by atoms with Crippen molar-refractivity contribution < 1.29 is 0 Å². The summed E-state index contributed by atoms with van der Waals surface area (Å²) in [6, 6.07) is 2.80. The van der Waals surface area contributed by atoms with Crippen LogP contribution in [0.25, 0.3) is 0 Å². The van der Waals surface area contributed by atoms with Crippen molar-refractivity contribution in [1.29, 1.82) is 0 Å². The second-order valence-electron chi connectivity index (χ2n) is 5.46. The maximum atomic E-state index is 4.27. The molecule has 2 heterocycles. The molecular weight excluding hydrogens is 222 g/mol. The zero-order valence-corrected chi connectivity index (χ0v) is 11.8. The monoisotopic (exact) mass is 247 g/mol. The Hall–Kier alpha value is -1.09. The van der Waals surface area contributed by atoms with Gasteiger partial charge in [-0.1, -0.05) is 13.8 Å². The molecule has 2 rings (SSSR count). The maximum absolute atomic E-state index is 4.27. The molecule has 2 atom stereocenters. The van der Waals surface area contributed by atoms with Gasteiger partial charge in [-0.3, -0.25) is 4.98 Å². The molecule has 0 aromatic carbocycles. The van der Waals surface area contributed by atoms with Crippen LogP contribution < -0.4 is 10.2 Å². The molecule has 1 aliphatic rings. The van der Waals surface area contributed by atoms with Crippen molar-refractivity contribution in [1.82, 2.24) is 10.3 Å². The van der Waals surface area contributed by atoms with Gasteiger partial charge < -0.3 is 10.2 Å². The van der Waals surface area contributed by atoms with Crippen molar-refractivity contribution in [2.45, 2.75) is 46.2 Å². The smallest absolute Gasteiger partial charge is 0.0445 e. The van der Waals surface area contributed by atoms with Crippen LogP contribution in [0.2, 0.25) is 0 Å². The van der Waals surface area contributed by atoms with Crippen molar-refractivity contribution in [2.75, 3.05) is 18.0 Å². The van der Waals surface area contributed by atoms with Gasteiger partial charge in [-0.2, -0.15) is 0 Å². The van der Waals surface area contributed by atoms with E-state index < -0.39 is 0 Å². The molecule has 0 amide bonds. The summed E-state index contributed by atoms with van der Waals surface area (Å²) in [5, 5.41) is 3.40. The lowest BCUT2D eigenvalue weighted by Crippen LogP contribution is -2.41. The topological polar surface area (TPSA) is 28.2 Å². The first-order valence-corrected chi connectivity index (χ1v) is 7.12. The summed E-state index contributed by atoms with van der Waals surface area (Å²) in [6.07, 6.45) is 6.51. The normalized spacial score (nSPS) is 24.3. The predicted octanol–water partition coefficient (Wildman–Crippen LogP) is 2.82. The third-order valence-electron chi connectivity index (χ3n) is 3.89. The third kappa shape index (κ3) is 3.02. The molecule has 1 saturated heterocycles. The first kappa shape index (κ1) is 13.3. The predicted molar refractivity (Wildman–Crippen MR) is 76.8 cm³/mol. The Kier molecular flexibility index (Phi) is 4.59. The quantitative estimate of drug-likeness (QED) is 0.887. The van der Waals surface area contributed by atoms with Crippen molar-refractivity contribution in [3.05, 3.63) is 24.0 Å². The average Bonchev–Trinajstić information content (AvgIpc) is 2.37. The highest BCUT2D eigenvalue weighted by Gasteiger charge is 2.24. The Balaban J connectivity index is 2.16. The van der Waals surface area contributed by atoms with E-state index in [1.807, 2.05) is 12.4 Å². The lowest BCUT2D eigenvalue weighted by molar-refractivity contribution is 0.377. The lowest BCUT2D eigenvalue weighted by atomic mass is 9.92. The van der Waals surface area contributed by atoms with Crippen molar-refractivity contribution in [2.24, 2.45) is 5.92 Å². The summed E-state index contributed by atoms with van der Waals surface area (Å²) < 4.78 is 0. The molecule has 0 bridgehead atoms. The summed E-state index contributed by atoms with van der Waals surface area (Å²) in [5.41, 5.74) is 2.69. The van der Waals surface area contributed by atoms with Gasteiger partial charge in [-0.25, -0.2) is 0 Å². The van der Waals surface area contributed by atoms with Crippen LogP contribution in [0.3, 0.4) is 0 Å². The van der Waals surface area contributed by atoms with E-state index in [0.29, 0.717) is 6.04 Å². The van der Waals surface area contributed by atoms with Gasteiger partial charge in [0, 0.05) is 42.8 Å². The van der Waals surface area contributed by atoms with Crippen LogP contribution in [0, 0.1) is 5.92 Å². The highest BCUT2D eigenvalue weighted by Crippen LogP contribution is 2.29. The fourth-order valence-corrected chi connectivity index (χ4v) is 2.86. The van der Waals surface area contributed by atoms with E-state index in [9.17, 15) is 0 Å². The molecule has 18 heavy (non-hydrogen) atoms. The van der Waals surface area contributed by atoms with Gasteiger partial charge in [0.1, 0.15) is 0 Å². The van der Waals surface area contributed by atoms with Crippen LogP contribution in [0.15, 0.2) is 18.5 Å². The minimum atomic E-state index is 0.636. The van der Waals surface area contributed by atoms with Gasteiger partial charge in [0.05, 0.1) is 0 Å². The van der Waals surface area contributed by atoms with Gasteiger partial charge in [0.25, 0.3) is 0 Å². The molecule has 0 aliphatic carbocycles. The fourth-order valence-electron chi connectivity index (χ4n) is 2.86. The standard InChI is InChI=1S/C15H25N3/c1-4-16-10-14-11-17-7-5-15(14)18-8-6-12(2)9-13(18)3/h5,7,11-13,16H,4,6,8-10H2,1-3H3. The summed E-state index contributed by atoms with van der Waals surface area (Å²) in [6.45, 7) is 9.93. The number of aromatic nitrogens is 1. The van der Waals surface area contributed by atoms with Gasteiger partial charge in [0.2, 0.25) is 0 Å². The second kappa shape index (κ2) is 6.19. The van der Waals surface area contributed by atoms with Crippen molar-refractivity contribution >= 4 is 5.69 Å². The van der Waals surface area contributed by atoms with Crippen LogP contribution >= 0.6 is 0 Å². The Morgan fingerprint density at radius 3 is 3.00 bits per heavy atom. The van der Waals surface area contributed by atoms with Crippen molar-refractivity contribution in [3.63, 3.8) is 0 Å². The fraction of sp³-hybridized carbons (Fsp3) is 0.667. The minimum Gasteiger partial charge on any atom is -0.368 e. The molecule has 0 radical (unpaired) electrons. The van der Waals surface area contributed by atoms with Crippen LogP contribution in [0.4, 0.5) is 5.69 Å². The molecule has 3 heteroatoms. The maximum Gasteiger partial charge on any atom is 0.0445 e. The van der Waals surface area contributed by atoms with E-state index in [4.69, 9.17) is 0 Å². The average molecular weight is 247 g/mol. The summed E-state index contributed by atoms with van der Waals surface area (Å²) in [4.78, 5) is 6.82. The zero-order chi connectivity index (χ0) is 13.0. The first-order chi connectivity index (χ1) is 8.72. The molecule has 1 N–H and O–H groups in total. The van der Waals surface area contributed by atoms with Gasteiger partial charge in [-0.15, -0.1) is 0 Å². The zero-order valence-electron chi connectivity index (χ0n) is 11.8. The molecule has 100 valence electrons. The third-order valence-corrected chi connectivity index (χ3v) is 3.89. The minimum absolute atomic E-state index is 0.636. The lowest BCUT2D eigenvalue weighted by Gasteiger charge is -2.39. The van der Waals surface area contributed by atoms with E-state index >= 15 is 0 Å². The molecule has 0 saturated carbocycles. The molecule has 1 fully saturated rings. The molecule has 3 nitrogen and oxygen atoms in total. The Labute approximate surface area is 111 Å². The molecule has 2 unspecified atom stereocenters. The summed E-state index contributed by atoms with van der Waals surface area (Å²) in [7, 11) is 0. The van der Waals surface area contributed by atoms with Crippen LogP contribution in [-0.2, 0) is 6.54 Å². The van der Waals surface area contributed by atoms with Crippen LogP contribution in [0.5, 0.6) is 0 Å². The molecule has 0 spiro atoms. The molecule has 1 aliphatic heterocycles. The van der Waals surface area contributed by atoms with E-state index in [0.717, 1.165) is 19.0 Å². The van der Waals surface area contributed by atoms with Gasteiger partial charge >= 0.3 is 0 Å². The Bertz CT molecular complexity index is 378. The van der Waals surface area contributed by atoms with E-state index in [-0.39, 0.29) is 0 Å². The summed E-state index contributed by atoms with van der Waals surface area (Å²) >= 11 is 0. The largest absolute Gasteiger partial charge is 0.368 e. The first-order valence-electron chi connectivity index (χ1n) is 7.12. The second-order valence-corrected chi connectivity index (χ2v) is 5.46. The SMILES string of the molecule is CCNCc1cnccc1N1CCC(C)CC1C. The number of rotatable bonds is 4. The number of nitrogens with one attached hydrogen (secondary N) is 1. The summed E-state index contributed by atoms with van der Waals surface area (Å²) in [5.74, 6) is 0.857. The number of nitrogens with zero attached hydrogens (tertiary/aromatic N) is 2. The van der Waals surface area contributed by atoms with Gasteiger partial charge in [-0.05, 0) is 38.3 Å².